The Bertz CT molecular complexity index is 771. The van der Waals surface area contributed by atoms with Crippen molar-refractivity contribution < 1.29 is 14.0 Å². The van der Waals surface area contributed by atoms with Gasteiger partial charge in [0.2, 0.25) is 5.91 Å². The molecule has 1 aliphatic rings. The third-order valence-electron chi connectivity index (χ3n) is 4.34. The molecular weight excluding hydrogens is 387 g/mol. The van der Waals surface area contributed by atoms with E-state index in [1.165, 1.54) is 24.3 Å². The Labute approximate surface area is 154 Å². The highest BCUT2D eigenvalue weighted by Crippen LogP contribution is 2.22. The molecule has 4 nitrogen and oxygen atoms in total. The zero-order valence-corrected chi connectivity index (χ0v) is 15.1. The lowest BCUT2D eigenvalue weighted by Crippen LogP contribution is -2.41. The van der Waals surface area contributed by atoms with Crippen LogP contribution in [-0.2, 0) is 4.79 Å². The molecule has 1 heterocycles. The maximum Gasteiger partial charge on any atom is 0.253 e. The minimum absolute atomic E-state index is 0.0213. The second-order valence-electron chi connectivity index (χ2n) is 6.07. The average molecular weight is 405 g/mol. The fraction of sp³-hybridized carbons (Fsp3) is 0.263. The number of likely N-dealkylation sites (tertiary alicyclic amines) is 1. The van der Waals surface area contributed by atoms with Crippen LogP contribution in [0.15, 0.2) is 53.0 Å². The highest BCUT2D eigenvalue weighted by atomic mass is 79.9. The number of rotatable bonds is 3. The third-order valence-corrected chi connectivity index (χ3v) is 4.83. The van der Waals surface area contributed by atoms with Gasteiger partial charge in [-0.05, 0) is 55.3 Å². The van der Waals surface area contributed by atoms with Crippen LogP contribution in [0.5, 0.6) is 0 Å². The second kappa shape index (κ2) is 7.78. The van der Waals surface area contributed by atoms with E-state index in [0.29, 0.717) is 31.5 Å². The summed E-state index contributed by atoms with van der Waals surface area (Å²) in [6.45, 7) is 1.04. The van der Waals surface area contributed by atoms with Gasteiger partial charge in [0.15, 0.2) is 0 Å². The summed E-state index contributed by atoms with van der Waals surface area (Å²) in [5, 5.41) is 2.92. The first-order valence-electron chi connectivity index (χ1n) is 8.14. The second-order valence-corrected chi connectivity index (χ2v) is 6.99. The Morgan fingerprint density at radius 1 is 1.08 bits per heavy atom. The number of carbonyl (C=O) groups is 2. The van der Waals surface area contributed by atoms with E-state index in [-0.39, 0.29) is 23.5 Å². The van der Waals surface area contributed by atoms with Gasteiger partial charge in [-0.3, -0.25) is 9.59 Å². The van der Waals surface area contributed by atoms with E-state index in [2.05, 4.69) is 21.2 Å². The molecule has 3 rings (SSSR count). The summed E-state index contributed by atoms with van der Waals surface area (Å²) < 4.78 is 13.9. The fourth-order valence-corrected chi connectivity index (χ4v) is 3.33. The summed E-state index contributed by atoms with van der Waals surface area (Å²) in [5.41, 5.74) is 1.22. The summed E-state index contributed by atoms with van der Waals surface area (Å²) in [6, 6.07) is 13.0. The molecule has 1 saturated heterocycles. The van der Waals surface area contributed by atoms with Crippen LogP contribution in [0.1, 0.15) is 23.2 Å². The van der Waals surface area contributed by atoms with Crippen molar-refractivity contribution in [2.75, 3.05) is 18.4 Å². The minimum atomic E-state index is -0.362. The highest BCUT2D eigenvalue weighted by molar-refractivity contribution is 9.10. The predicted molar refractivity (Wildman–Crippen MR) is 97.8 cm³/mol. The Kier molecular flexibility index (Phi) is 5.48. The summed E-state index contributed by atoms with van der Waals surface area (Å²) in [4.78, 5) is 26.5. The van der Waals surface area contributed by atoms with Crippen LogP contribution >= 0.6 is 15.9 Å². The number of piperidine rings is 1. The van der Waals surface area contributed by atoms with E-state index < -0.39 is 0 Å². The van der Waals surface area contributed by atoms with Crippen LogP contribution in [0, 0.1) is 11.7 Å². The Morgan fingerprint density at radius 3 is 2.40 bits per heavy atom. The number of hydrogen-bond donors (Lipinski definition) is 1. The molecule has 0 saturated carbocycles. The Hall–Kier alpha value is -2.21. The fourth-order valence-electron chi connectivity index (χ4n) is 2.93. The summed E-state index contributed by atoms with van der Waals surface area (Å²) >= 11 is 3.38. The molecular formula is C19H18BrFN2O2. The summed E-state index contributed by atoms with van der Waals surface area (Å²) in [7, 11) is 0. The summed E-state index contributed by atoms with van der Waals surface area (Å²) in [5.74, 6) is -0.617. The number of nitrogens with zero attached hydrogens (tertiary/aromatic N) is 1. The standard InChI is InChI=1S/C19H18BrFN2O2/c20-15-2-1-3-17(12-15)22-18(24)13-8-10-23(11-9-13)19(25)14-4-6-16(21)7-5-14/h1-7,12-13H,8-11H2,(H,22,24). The summed E-state index contributed by atoms with van der Waals surface area (Å²) in [6.07, 6.45) is 1.24. The van der Waals surface area contributed by atoms with Crippen molar-refractivity contribution in [1.29, 1.82) is 0 Å². The SMILES string of the molecule is O=C(Nc1cccc(Br)c1)C1CCN(C(=O)c2ccc(F)cc2)CC1. The molecule has 0 bridgehead atoms. The molecule has 1 N–H and O–H groups in total. The average Bonchev–Trinajstić information content (AvgIpc) is 2.62. The van der Waals surface area contributed by atoms with Crippen molar-refractivity contribution in [3.8, 4) is 0 Å². The van der Waals surface area contributed by atoms with E-state index in [9.17, 15) is 14.0 Å². The van der Waals surface area contributed by atoms with Gasteiger partial charge in [-0.15, -0.1) is 0 Å². The number of halogens is 2. The normalized spacial score (nSPS) is 15.0. The van der Waals surface area contributed by atoms with Gasteiger partial charge >= 0.3 is 0 Å². The quantitative estimate of drug-likeness (QED) is 0.837. The van der Waals surface area contributed by atoms with Crippen molar-refractivity contribution in [3.63, 3.8) is 0 Å². The van der Waals surface area contributed by atoms with Crippen LogP contribution in [0.25, 0.3) is 0 Å². The lowest BCUT2D eigenvalue weighted by atomic mass is 9.95. The first-order valence-corrected chi connectivity index (χ1v) is 8.93. The van der Waals surface area contributed by atoms with Gasteiger partial charge in [-0.1, -0.05) is 22.0 Å². The molecule has 0 unspecified atom stereocenters. The zero-order valence-electron chi connectivity index (χ0n) is 13.5. The van der Waals surface area contributed by atoms with Crippen molar-refractivity contribution in [2.45, 2.75) is 12.8 Å². The third kappa shape index (κ3) is 4.45. The number of carbonyl (C=O) groups excluding carboxylic acids is 2. The van der Waals surface area contributed by atoms with Crippen molar-refractivity contribution in [1.82, 2.24) is 4.90 Å². The van der Waals surface area contributed by atoms with Crippen LogP contribution in [0.3, 0.4) is 0 Å². The molecule has 1 aliphatic heterocycles. The molecule has 1 fully saturated rings. The monoisotopic (exact) mass is 404 g/mol. The van der Waals surface area contributed by atoms with E-state index in [4.69, 9.17) is 0 Å². The van der Waals surface area contributed by atoms with Crippen LogP contribution in [-0.4, -0.2) is 29.8 Å². The van der Waals surface area contributed by atoms with E-state index in [1.54, 1.807) is 4.90 Å². The molecule has 0 radical (unpaired) electrons. The molecule has 25 heavy (non-hydrogen) atoms. The first-order chi connectivity index (χ1) is 12.0. The molecule has 130 valence electrons. The predicted octanol–water partition coefficient (Wildman–Crippen LogP) is 4.08. The van der Waals surface area contributed by atoms with Crippen LogP contribution < -0.4 is 5.32 Å². The van der Waals surface area contributed by atoms with Gasteiger partial charge in [0.1, 0.15) is 5.82 Å². The lowest BCUT2D eigenvalue weighted by molar-refractivity contribution is -0.121. The van der Waals surface area contributed by atoms with Crippen molar-refractivity contribution in [3.05, 3.63) is 64.4 Å². The zero-order chi connectivity index (χ0) is 17.8. The Morgan fingerprint density at radius 2 is 1.76 bits per heavy atom. The Balaban J connectivity index is 1.55. The van der Waals surface area contributed by atoms with Crippen LogP contribution in [0.2, 0.25) is 0 Å². The molecule has 0 atom stereocenters. The molecule has 2 amide bonds. The van der Waals surface area contributed by atoms with Crippen molar-refractivity contribution in [2.24, 2.45) is 5.92 Å². The molecule has 2 aromatic rings. The number of anilines is 1. The number of nitrogens with one attached hydrogen (secondary N) is 1. The van der Waals surface area contributed by atoms with Crippen LogP contribution in [0.4, 0.5) is 10.1 Å². The lowest BCUT2D eigenvalue weighted by Gasteiger charge is -2.31. The van der Waals surface area contributed by atoms with Gasteiger partial charge < -0.3 is 10.2 Å². The van der Waals surface area contributed by atoms with Gasteiger partial charge in [0, 0.05) is 34.7 Å². The number of amides is 2. The van der Waals surface area contributed by atoms with Gasteiger partial charge in [-0.2, -0.15) is 0 Å². The number of benzene rings is 2. The maximum absolute atomic E-state index is 13.0. The highest BCUT2D eigenvalue weighted by Gasteiger charge is 2.27. The number of hydrogen-bond acceptors (Lipinski definition) is 2. The van der Waals surface area contributed by atoms with E-state index >= 15 is 0 Å². The molecule has 0 aromatic heterocycles. The van der Waals surface area contributed by atoms with E-state index in [1.807, 2.05) is 24.3 Å². The van der Waals surface area contributed by atoms with E-state index in [0.717, 1.165) is 10.2 Å². The van der Waals surface area contributed by atoms with Crippen molar-refractivity contribution >= 4 is 33.4 Å². The van der Waals surface area contributed by atoms with Gasteiger partial charge in [0.05, 0.1) is 0 Å². The molecule has 0 spiro atoms. The largest absolute Gasteiger partial charge is 0.339 e. The molecule has 2 aromatic carbocycles. The van der Waals surface area contributed by atoms with Gasteiger partial charge in [0.25, 0.3) is 5.91 Å². The van der Waals surface area contributed by atoms with Gasteiger partial charge in [-0.25, -0.2) is 4.39 Å². The molecule has 6 heteroatoms. The maximum atomic E-state index is 13.0. The topological polar surface area (TPSA) is 49.4 Å². The first kappa shape index (κ1) is 17.6. The minimum Gasteiger partial charge on any atom is -0.339 e. The smallest absolute Gasteiger partial charge is 0.253 e. The molecule has 0 aliphatic carbocycles.